The number of ether oxygens (including phenoxy) is 3. The number of nitrogens with one attached hydrogen (secondary N) is 3. The molecular formula is C82H75Cl3F6N16O14S3. The number of amidine groups is 3. The maximum absolute atomic E-state index is 14.6. The molecule has 9 aromatic rings. The maximum Gasteiger partial charge on any atom is 0.373 e. The van der Waals surface area contributed by atoms with E-state index < -0.39 is 115 Å². The number of rotatable bonds is 22. The van der Waals surface area contributed by atoms with E-state index in [1.165, 1.54) is 82.9 Å². The van der Waals surface area contributed by atoms with Gasteiger partial charge in [0.2, 0.25) is 11.7 Å². The lowest BCUT2D eigenvalue weighted by Crippen LogP contribution is -2.45. The molecule has 4 fully saturated rings. The third kappa shape index (κ3) is 18.8. The number of carbonyl (C=O) groups excluding carboxylic acids is 3. The number of aromatic carboxylic acids is 2. The molecule has 7 N–H and O–H groups in total. The molecule has 0 amide bonds. The van der Waals surface area contributed by atoms with Crippen molar-refractivity contribution in [1.29, 1.82) is 0 Å². The number of aromatic nitrogens is 7. The summed E-state index contributed by atoms with van der Waals surface area (Å²) in [5.74, 6) is -11.4. The van der Waals surface area contributed by atoms with Gasteiger partial charge in [-0.05, 0) is 102 Å². The number of anilines is 3. The number of aliphatic carboxylic acids is 1. The zero-order valence-electron chi connectivity index (χ0n) is 65.8. The van der Waals surface area contributed by atoms with E-state index >= 15 is 0 Å². The summed E-state index contributed by atoms with van der Waals surface area (Å²) in [6.07, 6.45) is 14.1. The number of carbonyl (C=O) groups is 6. The Hall–Kier alpha value is -11.8. The van der Waals surface area contributed by atoms with Crippen molar-refractivity contribution in [2.75, 3.05) is 73.8 Å². The summed E-state index contributed by atoms with van der Waals surface area (Å²) >= 11 is 22.8. The minimum atomic E-state index is -1.25. The largest absolute Gasteiger partial charge is 0.481 e. The van der Waals surface area contributed by atoms with Crippen LogP contribution in [-0.4, -0.2) is 168 Å². The number of halogens is 9. The lowest BCUT2D eigenvalue weighted by Gasteiger charge is -2.41. The fraction of sp³-hybridized carbons (Fsp3) is 0.341. The standard InChI is InChI=1S/C30H29ClF2N6O5S.C27H24ClF2N5O4S.C25H22ClF2N5O5S/c1-2-44-28(42)20-23(37-25(26-34-7-10-45-26)38-24(20)18-3-4-19(32)22(33)21(18)31)15-5-8-39(9-6-15)29-35-13-17(14-36-29)30(43)11-16(12-30)27(40)41;1-2-39-27(38)19-22(14-6-10-35(11-7-14)18-13-15(26(36)37)5-8-31-18)33-24(25-32-9-12-40-25)34-23(19)16-3-4-17(29)21(30)20(16)28;1-2-37-24(36)16-19(12-5-8-33(9-6-12)25-30-11-15(38-25)23(34)35)31-21(22-29-7-10-39-22)32-20(16)13-3-4-14(27)18(28)17(13)26/h3-4,7,10,13-16,24,43H,2,5-6,8-9,11-12H2,1H3,(H,37,38)(H,40,41);3-5,8-9,12-14,23H,2,6-7,10-11H2,1H3,(H,33,34)(H,36,37);3-4,7,10-12,20H,2,5-6,8-9H2,1H3,(H,31,32)(H,34,35). The molecule has 30 nitrogen and oxygen atoms in total. The quantitative estimate of drug-likeness (QED) is 0.0143. The van der Waals surface area contributed by atoms with Gasteiger partial charge in [0, 0.05) is 150 Å². The van der Waals surface area contributed by atoms with E-state index in [2.05, 4.69) is 60.8 Å². The van der Waals surface area contributed by atoms with Crippen molar-refractivity contribution in [3.63, 3.8) is 0 Å². The number of esters is 3. The van der Waals surface area contributed by atoms with Gasteiger partial charge in [-0.1, -0.05) is 53.0 Å². The molecule has 124 heavy (non-hydrogen) atoms. The topological polar surface area (TPSA) is 397 Å². The van der Waals surface area contributed by atoms with Crippen molar-refractivity contribution < 1.29 is 94.2 Å². The third-order valence-electron chi connectivity index (χ3n) is 21.7. The molecule has 1 aliphatic carbocycles. The molecule has 3 saturated heterocycles. The number of benzene rings is 3. The third-order valence-corrected chi connectivity index (χ3v) is 25.2. The second kappa shape index (κ2) is 38.6. The average molecular weight is 1830 g/mol. The zero-order chi connectivity index (χ0) is 87.9. The number of carboxylic acid groups (broad SMARTS) is 3. The minimum Gasteiger partial charge on any atom is -0.481 e. The summed E-state index contributed by atoms with van der Waals surface area (Å²) in [6.45, 7) is 8.31. The maximum atomic E-state index is 14.6. The number of carboxylic acids is 3. The Morgan fingerprint density at radius 3 is 1.21 bits per heavy atom. The van der Waals surface area contributed by atoms with Crippen LogP contribution in [0.15, 0.2) is 161 Å². The van der Waals surface area contributed by atoms with Crippen molar-refractivity contribution in [2.45, 2.75) is 95.9 Å². The predicted octanol–water partition coefficient (Wildman–Crippen LogP) is 14.0. The number of allylic oxidation sites excluding steroid dienone is 3. The molecule has 7 aliphatic rings. The van der Waals surface area contributed by atoms with Crippen molar-refractivity contribution in [3.8, 4) is 0 Å². The SMILES string of the molecule is CCOC(=O)C1=C(C2CCN(c3cc(C(=O)O)ccn3)CC2)NC(c2nccs2)=NC1c1ccc(F)c(F)c1Cl.CCOC(=O)C1=C(C2CCN(c3ncc(C(=O)O)o3)CC2)NC(c2nccs2)=NC1c1ccc(F)c(F)c1Cl.CCOC(=O)C1=C(C2CCN(c3ncc(C4(O)CC(C(=O)O)C4)cn3)CC2)NC(c2nccs2)=NC1c1ccc(F)c(F)c1Cl. The molecule has 6 aromatic heterocycles. The Labute approximate surface area is 729 Å². The average Bonchev–Trinajstić information content (AvgIpc) is 1.04. The summed E-state index contributed by atoms with van der Waals surface area (Å²) in [7, 11) is 0. The van der Waals surface area contributed by atoms with E-state index in [0.717, 1.165) is 24.4 Å². The highest BCUT2D eigenvalue weighted by Crippen LogP contribution is 2.48. The van der Waals surface area contributed by atoms with Crippen LogP contribution in [0.5, 0.6) is 0 Å². The van der Waals surface area contributed by atoms with Crippen LogP contribution in [0.3, 0.4) is 0 Å². The van der Waals surface area contributed by atoms with Crippen LogP contribution >= 0.6 is 68.8 Å². The molecule has 3 aromatic carbocycles. The van der Waals surface area contributed by atoms with E-state index in [9.17, 15) is 65.3 Å². The summed E-state index contributed by atoms with van der Waals surface area (Å²) in [5, 5.41) is 53.8. The highest BCUT2D eigenvalue weighted by Gasteiger charge is 2.49. The summed E-state index contributed by atoms with van der Waals surface area (Å²) in [5.41, 5.74) is 1.85. The van der Waals surface area contributed by atoms with E-state index in [1.54, 1.807) is 55.5 Å². The lowest BCUT2D eigenvalue weighted by molar-refractivity contribution is -0.159. The second-order valence-corrected chi connectivity index (χ2v) is 32.8. The van der Waals surface area contributed by atoms with Crippen molar-refractivity contribution in [1.82, 2.24) is 50.8 Å². The van der Waals surface area contributed by atoms with E-state index in [0.29, 0.717) is 145 Å². The van der Waals surface area contributed by atoms with Gasteiger partial charge in [-0.15, -0.1) is 34.0 Å². The minimum absolute atomic E-state index is 0.0887. The zero-order valence-corrected chi connectivity index (χ0v) is 70.5. The normalized spacial score (nSPS) is 20.0. The van der Waals surface area contributed by atoms with Gasteiger partial charge in [0.25, 0.3) is 6.01 Å². The molecule has 6 aliphatic heterocycles. The second-order valence-electron chi connectivity index (χ2n) is 29.0. The molecule has 0 spiro atoms. The first-order valence-electron chi connectivity index (χ1n) is 38.9. The van der Waals surface area contributed by atoms with Crippen LogP contribution in [0.2, 0.25) is 15.1 Å². The van der Waals surface area contributed by atoms with Gasteiger partial charge in [-0.25, -0.2) is 85.2 Å². The molecule has 1 saturated carbocycles. The van der Waals surface area contributed by atoms with Crippen LogP contribution in [0.1, 0.15) is 148 Å². The fourth-order valence-electron chi connectivity index (χ4n) is 15.5. The van der Waals surface area contributed by atoms with Crippen molar-refractivity contribution >= 4 is 140 Å². The molecule has 12 heterocycles. The molecule has 0 bridgehead atoms. The number of aliphatic hydroxyl groups is 1. The number of thiazole rings is 3. The number of aliphatic imine (C=N–C) groups is 3. The van der Waals surface area contributed by atoms with Gasteiger partial charge in [-0.3, -0.25) is 19.8 Å². The molecule has 42 heteroatoms. The van der Waals surface area contributed by atoms with Crippen LogP contribution in [0.25, 0.3) is 0 Å². The van der Waals surface area contributed by atoms with Crippen LogP contribution in [0, 0.1) is 58.6 Å². The van der Waals surface area contributed by atoms with Gasteiger partial charge in [0.1, 0.15) is 23.9 Å². The Morgan fingerprint density at radius 2 is 0.871 bits per heavy atom. The van der Waals surface area contributed by atoms with Crippen LogP contribution in [-0.2, 0) is 39.0 Å². The number of oxazole rings is 1. The van der Waals surface area contributed by atoms with Gasteiger partial charge < -0.3 is 69.7 Å². The first kappa shape index (κ1) is 88.6. The van der Waals surface area contributed by atoms with Crippen molar-refractivity contribution in [3.05, 3.63) is 240 Å². The molecule has 16 rings (SSSR count). The van der Waals surface area contributed by atoms with Gasteiger partial charge in [-0.2, -0.15) is 0 Å². The predicted molar refractivity (Wildman–Crippen MR) is 444 cm³/mol. The van der Waals surface area contributed by atoms with Gasteiger partial charge in [0.05, 0.1) is 74.9 Å². The van der Waals surface area contributed by atoms with Crippen LogP contribution in [0.4, 0.5) is 44.1 Å². The first-order valence-corrected chi connectivity index (χ1v) is 42.7. The van der Waals surface area contributed by atoms with Gasteiger partial charge in [0.15, 0.2) is 67.4 Å². The molecule has 0 radical (unpaired) electrons. The number of hydrogen-bond donors (Lipinski definition) is 7. The Kier molecular flexibility index (Phi) is 27.5. The first-order chi connectivity index (χ1) is 59.6. The highest BCUT2D eigenvalue weighted by atomic mass is 35.5. The Bertz CT molecular complexity index is 5740. The highest BCUT2D eigenvalue weighted by molar-refractivity contribution is 7.12. The number of pyridine rings is 1. The van der Waals surface area contributed by atoms with E-state index in [1.807, 2.05) is 14.7 Å². The number of piperidine rings is 3. The summed E-state index contributed by atoms with van der Waals surface area (Å²) in [6, 6.07) is 6.74. The molecule has 648 valence electrons. The Morgan fingerprint density at radius 1 is 0.492 bits per heavy atom. The lowest BCUT2D eigenvalue weighted by atomic mass is 9.68. The van der Waals surface area contributed by atoms with Crippen LogP contribution < -0.4 is 30.7 Å². The van der Waals surface area contributed by atoms with E-state index in [-0.39, 0.29) is 101 Å². The van der Waals surface area contributed by atoms with Crippen molar-refractivity contribution in [2.24, 2.45) is 38.6 Å². The van der Waals surface area contributed by atoms with E-state index in [4.69, 9.17) is 68.6 Å². The van der Waals surface area contributed by atoms with Gasteiger partial charge >= 0.3 is 35.8 Å². The summed E-state index contributed by atoms with van der Waals surface area (Å²) < 4.78 is 107. The molecule has 3 atom stereocenters. The monoisotopic (exact) mass is 1820 g/mol. The summed E-state index contributed by atoms with van der Waals surface area (Å²) in [4.78, 5) is 124. The Balaban J connectivity index is 0.000000152. The molecular weight excluding hydrogens is 1750 g/mol. The number of hydrogen-bond acceptors (Lipinski definition) is 30. The number of nitrogens with zero attached hydrogens (tertiary/aromatic N) is 13. The fourth-order valence-corrected chi connectivity index (χ4v) is 18.0. The smallest absolute Gasteiger partial charge is 0.373 e. The molecule has 3 unspecified atom stereocenters.